The number of aliphatic hydroxyl groups excluding tert-OH is 1. The molecule has 3 aromatic rings. The van der Waals surface area contributed by atoms with Crippen LogP contribution in [-0.4, -0.2) is 57.7 Å². The molecule has 10 heteroatoms. The highest BCUT2D eigenvalue weighted by atomic mass is 32.2. The van der Waals surface area contributed by atoms with Crippen molar-refractivity contribution in [2.75, 3.05) is 12.4 Å². The van der Waals surface area contributed by atoms with Crippen LogP contribution in [-0.2, 0) is 25.5 Å². The quantitative estimate of drug-likeness (QED) is 0.203. The molecule has 45 heavy (non-hydrogen) atoms. The van der Waals surface area contributed by atoms with E-state index in [-0.39, 0.29) is 30.3 Å². The number of benzene rings is 2. The molecule has 5 rings (SSSR count). The number of fused-ring (bicyclic) bond motifs is 1. The predicted molar refractivity (Wildman–Crippen MR) is 183 cm³/mol. The van der Waals surface area contributed by atoms with Crippen molar-refractivity contribution in [3.63, 3.8) is 0 Å². The van der Waals surface area contributed by atoms with Crippen LogP contribution < -0.4 is 10.4 Å². The van der Waals surface area contributed by atoms with Gasteiger partial charge in [0.2, 0.25) is 0 Å². The van der Waals surface area contributed by atoms with Crippen LogP contribution in [0.1, 0.15) is 64.9 Å². The maximum Gasteiger partial charge on any atom is 0.456 e. The van der Waals surface area contributed by atoms with Crippen molar-refractivity contribution in [2.45, 2.75) is 82.7 Å². The van der Waals surface area contributed by atoms with E-state index in [2.05, 4.69) is 52.0 Å². The van der Waals surface area contributed by atoms with Crippen molar-refractivity contribution >= 4 is 41.7 Å². The molecule has 3 heterocycles. The van der Waals surface area contributed by atoms with Crippen molar-refractivity contribution in [1.82, 2.24) is 0 Å². The lowest BCUT2D eigenvalue weighted by Gasteiger charge is -2.43. The van der Waals surface area contributed by atoms with Gasteiger partial charge in [-0.3, -0.25) is 0 Å². The second-order valence-electron chi connectivity index (χ2n) is 13.2. The maximum atomic E-state index is 13.6. The molecule has 0 bridgehead atoms. The fraction of sp³-hybridized carbons (Fsp3) is 0.429. The smallest absolute Gasteiger partial charge is 0.456 e. The highest BCUT2D eigenvalue weighted by Gasteiger charge is 2.52. The van der Waals surface area contributed by atoms with Gasteiger partial charge in [0.25, 0.3) is 8.32 Å². The second-order valence-corrected chi connectivity index (χ2v) is 19.7. The molecule has 0 aliphatic carbocycles. The van der Waals surface area contributed by atoms with Gasteiger partial charge in [-0.15, -0.1) is 0 Å². The van der Waals surface area contributed by atoms with Crippen LogP contribution >= 0.6 is 0 Å². The zero-order chi connectivity index (χ0) is 32.2. The Labute approximate surface area is 269 Å². The topological polar surface area (TPSA) is 106 Å². The number of rotatable bonds is 12. The molecule has 1 saturated heterocycles. The zero-order valence-electron chi connectivity index (χ0n) is 26.7. The molecule has 2 N–H and O–H groups in total. The molecule has 0 saturated carbocycles. The third kappa shape index (κ3) is 7.16. The lowest BCUT2D eigenvalue weighted by molar-refractivity contribution is 0.168. The van der Waals surface area contributed by atoms with E-state index in [9.17, 15) is 18.5 Å². The van der Waals surface area contributed by atoms with Gasteiger partial charge in [-0.05, 0) is 64.0 Å². The van der Waals surface area contributed by atoms with Crippen LogP contribution in [0.4, 0.5) is 0 Å². The van der Waals surface area contributed by atoms with Gasteiger partial charge in [0, 0.05) is 6.32 Å². The third-order valence-corrected chi connectivity index (χ3v) is 16.1. The Morgan fingerprint density at radius 3 is 2.22 bits per heavy atom. The first-order valence-corrected chi connectivity index (χ1v) is 19.5. The molecular weight excluding hydrogens is 603 g/mol. The SMILES string of the molecule is CCC/C(=C\c1ccc(CO)o1)CC[C@H]1OB(O)C[C@H]2C1=C(CO[Si](c1ccccc1)(c1ccccc1)C(C)(C)C)CS2(=O)=O. The first-order valence-electron chi connectivity index (χ1n) is 15.9. The molecule has 7 nitrogen and oxygen atoms in total. The van der Waals surface area contributed by atoms with Gasteiger partial charge in [-0.1, -0.05) is 100 Å². The summed E-state index contributed by atoms with van der Waals surface area (Å²) in [6.07, 6.45) is 4.44. The van der Waals surface area contributed by atoms with Crippen molar-refractivity contribution in [3.05, 3.63) is 101 Å². The van der Waals surface area contributed by atoms with Gasteiger partial charge < -0.3 is 23.6 Å². The largest absolute Gasteiger partial charge is 0.459 e. The molecular formula is C35H45BO7SSi. The van der Waals surface area contributed by atoms with Gasteiger partial charge >= 0.3 is 7.12 Å². The summed E-state index contributed by atoms with van der Waals surface area (Å²) in [6, 6.07) is 24.3. The van der Waals surface area contributed by atoms with Crippen LogP contribution in [0.3, 0.4) is 0 Å². The molecule has 2 atom stereocenters. The number of aliphatic hydroxyl groups is 1. The summed E-state index contributed by atoms with van der Waals surface area (Å²) in [5, 5.41) is 21.3. The fourth-order valence-corrected chi connectivity index (χ4v) is 13.7. The van der Waals surface area contributed by atoms with E-state index in [1.807, 2.05) is 48.5 Å². The molecule has 2 aliphatic heterocycles. The summed E-state index contributed by atoms with van der Waals surface area (Å²) < 4.78 is 46.1. The Bertz CT molecular complexity index is 1570. The van der Waals surface area contributed by atoms with Crippen molar-refractivity contribution < 1.29 is 32.0 Å². The summed E-state index contributed by atoms with van der Waals surface area (Å²) in [5.41, 5.74) is 2.65. The number of sulfone groups is 1. The molecule has 1 fully saturated rings. The molecule has 1 aromatic heterocycles. The zero-order valence-corrected chi connectivity index (χ0v) is 28.6. The minimum Gasteiger partial charge on any atom is -0.459 e. The number of furan rings is 1. The Kier molecular flexibility index (Phi) is 10.4. The first kappa shape index (κ1) is 33.6. The van der Waals surface area contributed by atoms with Crippen molar-refractivity contribution in [1.29, 1.82) is 0 Å². The predicted octanol–water partition coefficient (Wildman–Crippen LogP) is 5.29. The summed E-state index contributed by atoms with van der Waals surface area (Å²) in [6.45, 7) is 8.75. The molecule has 2 aromatic carbocycles. The molecule has 2 aliphatic rings. The molecule has 0 radical (unpaired) electrons. The number of hydrogen-bond donors (Lipinski definition) is 2. The first-order chi connectivity index (χ1) is 21.5. The van der Waals surface area contributed by atoms with Crippen LogP contribution in [0.2, 0.25) is 11.4 Å². The summed E-state index contributed by atoms with van der Waals surface area (Å²) in [4.78, 5) is 0. The average molecular weight is 649 g/mol. The molecule has 240 valence electrons. The number of hydrogen-bond acceptors (Lipinski definition) is 7. The molecule has 0 unspecified atom stereocenters. The van der Waals surface area contributed by atoms with E-state index in [0.29, 0.717) is 24.4 Å². The van der Waals surface area contributed by atoms with E-state index >= 15 is 0 Å². The van der Waals surface area contributed by atoms with Crippen LogP contribution in [0.25, 0.3) is 6.08 Å². The minimum atomic E-state index is -3.52. The second kappa shape index (κ2) is 13.9. The maximum absolute atomic E-state index is 13.6. The van der Waals surface area contributed by atoms with Crippen molar-refractivity contribution in [3.8, 4) is 0 Å². The fourth-order valence-electron chi connectivity index (χ4n) is 7.03. The van der Waals surface area contributed by atoms with E-state index < -0.39 is 36.6 Å². The number of allylic oxidation sites excluding steroid dienone is 1. The van der Waals surface area contributed by atoms with Crippen LogP contribution in [0, 0.1) is 0 Å². The standard InChI is InChI=1S/C35H45BO7SSi/c1-5-12-26(21-28-18-19-29(23-37)42-28)17-20-32-34-27(25-44(39,40)33(34)22-36(38)43-32)24-41-45(35(2,3)4,30-13-8-6-9-14-30)31-15-10-7-11-16-31/h6-11,13-16,18-19,21,32-33,37-38H,5,12,17,20,22-25H2,1-4H3/b26-21+/t32-,33+/m1/s1. The Morgan fingerprint density at radius 1 is 1.02 bits per heavy atom. The van der Waals surface area contributed by atoms with Gasteiger partial charge in [-0.25, -0.2) is 8.42 Å². The van der Waals surface area contributed by atoms with Gasteiger partial charge in [0.1, 0.15) is 18.1 Å². The third-order valence-electron chi connectivity index (χ3n) is 9.01. The van der Waals surface area contributed by atoms with Gasteiger partial charge in [0.05, 0.1) is 23.7 Å². The van der Waals surface area contributed by atoms with Gasteiger partial charge in [-0.2, -0.15) is 0 Å². The summed E-state index contributed by atoms with van der Waals surface area (Å²) >= 11 is 0. The molecule has 0 amide bonds. The Morgan fingerprint density at radius 2 is 1.67 bits per heavy atom. The van der Waals surface area contributed by atoms with Crippen LogP contribution in [0.15, 0.2) is 93.9 Å². The lowest BCUT2D eigenvalue weighted by Crippen LogP contribution is -2.66. The molecule has 0 spiro atoms. The van der Waals surface area contributed by atoms with E-state index in [1.54, 1.807) is 6.07 Å². The van der Waals surface area contributed by atoms with E-state index in [1.165, 1.54) is 0 Å². The van der Waals surface area contributed by atoms with Crippen molar-refractivity contribution in [2.24, 2.45) is 0 Å². The minimum absolute atomic E-state index is 0.0326. The summed E-state index contributed by atoms with van der Waals surface area (Å²) in [7, 11) is -7.57. The normalized spacial score (nSPS) is 20.5. The average Bonchev–Trinajstić information content (AvgIpc) is 3.57. The lowest BCUT2D eigenvalue weighted by atomic mass is 9.74. The Balaban J connectivity index is 1.49. The van der Waals surface area contributed by atoms with E-state index in [0.717, 1.165) is 39.9 Å². The van der Waals surface area contributed by atoms with E-state index in [4.69, 9.17) is 13.5 Å². The highest BCUT2D eigenvalue weighted by Crippen LogP contribution is 2.42. The van der Waals surface area contributed by atoms with Crippen LogP contribution in [0.5, 0.6) is 0 Å². The highest BCUT2D eigenvalue weighted by molar-refractivity contribution is 7.92. The van der Waals surface area contributed by atoms with Gasteiger partial charge in [0.15, 0.2) is 9.84 Å². The summed E-state index contributed by atoms with van der Waals surface area (Å²) in [5.74, 6) is 1.09. The Hall–Kier alpha value is -2.73. The monoisotopic (exact) mass is 648 g/mol.